The maximum atomic E-state index is 6.19. The van der Waals surface area contributed by atoms with Crippen LogP contribution in [0.3, 0.4) is 0 Å². The van der Waals surface area contributed by atoms with E-state index in [0.29, 0.717) is 24.3 Å². The van der Waals surface area contributed by atoms with Crippen molar-refractivity contribution < 1.29 is 4.74 Å². The van der Waals surface area contributed by atoms with E-state index >= 15 is 0 Å². The Bertz CT molecular complexity index is 358. The Morgan fingerprint density at radius 2 is 2.12 bits per heavy atom. The molecule has 0 fully saturated rings. The summed E-state index contributed by atoms with van der Waals surface area (Å²) in [5.41, 5.74) is 0.870. The van der Waals surface area contributed by atoms with Gasteiger partial charge in [-0.15, -0.1) is 11.6 Å². The number of anilines is 1. The Labute approximate surface area is 108 Å². The lowest BCUT2D eigenvalue weighted by Crippen LogP contribution is -2.17. The maximum Gasteiger partial charge on any atom is 0.226 e. The lowest BCUT2D eigenvalue weighted by molar-refractivity contribution is 0.397. The van der Waals surface area contributed by atoms with Gasteiger partial charge in [-0.05, 0) is 19.3 Å². The summed E-state index contributed by atoms with van der Waals surface area (Å²) in [6, 6.07) is 1.79. The molecule has 0 saturated carbocycles. The smallest absolute Gasteiger partial charge is 0.226 e. The number of aryl methyl sites for hydroxylation is 1. The average molecular weight is 258 g/mol. The summed E-state index contributed by atoms with van der Waals surface area (Å²) in [5.74, 6) is 1.72. The lowest BCUT2D eigenvalue weighted by Gasteiger charge is -2.13. The predicted octanol–water partition coefficient (Wildman–Crippen LogP) is 2.86. The normalized spacial score (nSPS) is 12.6. The highest BCUT2D eigenvalue weighted by atomic mass is 35.5. The molecule has 1 unspecified atom stereocenters. The summed E-state index contributed by atoms with van der Waals surface area (Å²) in [6.07, 6.45) is 0.970. The van der Waals surface area contributed by atoms with Crippen LogP contribution < -0.4 is 10.1 Å². The molecule has 0 bridgehead atoms. The highest BCUT2D eigenvalue weighted by Crippen LogP contribution is 2.14. The average Bonchev–Trinajstić information content (AvgIpc) is 2.24. The first kappa shape index (κ1) is 14.0. The van der Waals surface area contributed by atoms with Gasteiger partial charge in [-0.1, -0.05) is 13.8 Å². The second-order valence-electron chi connectivity index (χ2n) is 4.48. The standard InChI is InChI=1S/C12H20ClN3O/c1-8(2)5-10(13)7-14-12-15-9(3)6-11(16-12)17-4/h6,8,10H,5,7H2,1-4H3,(H,14,15,16). The van der Waals surface area contributed by atoms with E-state index in [9.17, 15) is 0 Å². The third-order valence-corrected chi connectivity index (χ3v) is 2.58. The molecule has 1 atom stereocenters. The molecule has 1 N–H and O–H groups in total. The molecule has 0 aliphatic heterocycles. The zero-order valence-corrected chi connectivity index (χ0v) is 11.6. The number of nitrogens with zero attached hydrogens (tertiary/aromatic N) is 2. The molecular weight excluding hydrogens is 238 g/mol. The van der Waals surface area contributed by atoms with E-state index in [1.165, 1.54) is 0 Å². The highest BCUT2D eigenvalue weighted by molar-refractivity contribution is 6.20. The van der Waals surface area contributed by atoms with E-state index in [1.54, 1.807) is 13.2 Å². The zero-order valence-electron chi connectivity index (χ0n) is 10.8. The van der Waals surface area contributed by atoms with Crippen LogP contribution in [0, 0.1) is 12.8 Å². The Morgan fingerprint density at radius 1 is 1.41 bits per heavy atom. The van der Waals surface area contributed by atoms with E-state index in [4.69, 9.17) is 16.3 Å². The number of hydrogen-bond acceptors (Lipinski definition) is 4. The van der Waals surface area contributed by atoms with Crippen molar-refractivity contribution in [2.24, 2.45) is 5.92 Å². The van der Waals surface area contributed by atoms with E-state index in [-0.39, 0.29) is 5.38 Å². The molecule has 1 heterocycles. The topological polar surface area (TPSA) is 47.0 Å². The first-order chi connectivity index (χ1) is 8.01. The second-order valence-corrected chi connectivity index (χ2v) is 5.10. The molecule has 1 aromatic rings. The molecule has 4 nitrogen and oxygen atoms in total. The molecule has 17 heavy (non-hydrogen) atoms. The van der Waals surface area contributed by atoms with Crippen LogP contribution in [0.25, 0.3) is 0 Å². The minimum Gasteiger partial charge on any atom is -0.481 e. The van der Waals surface area contributed by atoms with Crippen LogP contribution in [0.1, 0.15) is 26.0 Å². The summed E-state index contributed by atoms with van der Waals surface area (Å²) < 4.78 is 5.08. The van der Waals surface area contributed by atoms with Crippen LogP contribution in [-0.4, -0.2) is 29.0 Å². The molecule has 1 rings (SSSR count). The van der Waals surface area contributed by atoms with Crippen LogP contribution in [0.15, 0.2) is 6.07 Å². The van der Waals surface area contributed by atoms with Crippen molar-refractivity contribution in [1.29, 1.82) is 0 Å². The van der Waals surface area contributed by atoms with Crippen LogP contribution in [0.4, 0.5) is 5.95 Å². The van der Waals surface area contributed by atoms with Gasteiger partial charge in [0.15, 0.2) is 0 Å². The van der Waals surface area contributed by atoms with E-state index < -0.39 is 0 Å². The largest absolute Gasteiger partial charge is 0.481 e. The van der Waals surface area contributed by atoms with Gasteiger partial charge in [0.25, 0.3) is 0 Å². The van der Waals surface area contributed by atoms with Crippen LogP contribution in [-0.2, 0) is 0 Å². The van der Waals surface area contributed by atoms with Crippen molar-refractivity contribution in [2.45, 2.75) is 32.6 Å². The summed E-state index contributed by atoms with van der Waals surface area (Å²) in [7, 11) is 1.59. The van der Waals surface area contributed by atoms with E-state index in [0.717, 1.165) is 12.1 Å². The molecule has 0 amide bonds. The number of ether oxygens (including phenoxy) is 1. The molecular formula is C12H20ClN3O. The van der Waals surface area contributed by atoms with Crippen molar-refractivity contribution in [1.82, 2.24) is 9.97 Å². The van der Waals surface area contributed by atoms with Crippen LogP contribution >= 0.6 is 11.6 Å². The van der Waals surface area contributed by atoms with Gasteiger partial charge < -0.3 is 10.1 Å². The molecule has 0 spiro atoms. The van der Waals surface area contributed by atoms with Crippen molar-refractivity contribution in [3.05, 3.63) is 11.8 Å². The fraction of sp³-hybridized carbons (Fsp3) is 0.667. The number of aromatic nitrogens is 2. The first-order valence-corrected chi connectivity index (χ1v) is 6.22. The van der Waals surface area contributed by atoms with Gasteiger partial charge in [-0.2, -0.15) is 4.98 Å². The molecule has 0 radical (unpaired) electrons. The number of halogens is 1. The van der Waals surface area contributed by atoms with Gasteiger partial charge >= 0.3 is 0 Å². The fourth-order valence-electron chi connectivity index (χ4n) is 1.52. The molecule has 0 saturated heterocycles. The fourth-order valence-corrected chi connectivity index (χ4v) is 1.95. The molecule has 96 valence electrons. The molecule has 0 aliphatic rings. The SMILES string of the molecule is COc1cc(C)nc(NCC(Cl)CC(C)C)n1. The van der Waals surface area contributed by atoms with E-state index in [1.807, 2.05) is 6.92 Å². The maximum absolute atomic E-state index is 6.19. The van der Waals surface area contributed by atoms with Gasteiger partial charge in [0.2, 0.25) is 11.8 Å². The van der Waals surface area contributed by atoms with E-state index in [2.05, 4.69) is 29.1 Å². The molecule has 0 aromatic carbocycles. The number of nitrogens with one attached hydrogen (secondary N) is 1. The van der Waals surface area contributed by atoms with Gasteiger partial charge in [-0.3, -0.25) is 0 Å². The Hall–Kier alpha value is -1.03. The van der Waals surface area contributed by atoms with Crippen molar-refractivity contribution in [3.8, 4) is 5.88 Å². The van der Waals surface area contributed by atoms with Crippen molar-refractivity contribution >= 4 is 17.5 Å². The third-order valence-electron chi connectivity index (χ3n) is 2.25. The van der Waals surface area contributed by atoms with Gasteiger partial charge in [0.05, 0.1) is 12.5 Å². The number of methoxy groups -OCH3 is 1. The quantitative estimate of drug-likeness (QED) is 0.796. The number of hydrogen-bond donors (Lipinski definition) is 1. The Morgan fingerprint density at radius 3 is 2.71 bits per heavy atom. The lowest BCUT2D eigenvalue weighted by atomic mass is 10.1. The molecule has 0 aliphatic carbocycles. The highest BCUT2D eigenvalue weighted by Gasteiger charge is 2.08. The predicted molar refractivity (Wildman–Crippen MR) is 70.9 cm³/mol. The molecule has 1 aromatic heterocycles. The first-order valence-electron chi connectivity index (χ1n) is 5.79. The minimum atomic E-state index is 0.0881. The van der Waals surface area contributed by atoms with Crippen LogP contribution in [0.5, 0.6) is 5.88 Å². The third kappa shape index (κ3) is 5.22. The Balaban J connectivity index is 2.54. The number of rotatable bonds is 6. The van der Waals surface area contributed by atoms with Crippen molar-refractivity contribution in [2.75, 3.05) is 19.0 Å². The summed E-state index contributed by atoms with van der Waals surface area (Å²) in [6.45, 7) is 6.87. The van der Waals surface area contributed by atoms with Gasteiger partial charge in [0.1, 0.15) is 0 Å². The summed E-state index contributed by atoms with van der Waals surface area (Å²) in [5, 5.41) is 3.22. The second kappa shape index (κ2) is 6.64. The van der Waals surface area contributed by atoms with Gasteiger partial charge in [0, 0.05) is 18.3 Å². The summed E-state index contributed by atoms with van der Waals surface area (Å²) >= 11 is 6.19. The molecule has 5 heteroatoms. The monoisotopic (exact) mass is 257 g/mol. The Kier molecular flexibility index (Phi) is 5.48. The number of alkyl halides is 1. The van der Waals surface area contributed by atoms with Gasteiger partial charge in [-0.25, -0.2) is 4.98 Å². The zero-order chi connectivity index (χ0) is 12.8. The van der Waals surface area contributed by atoms with Crippen molar-refractivity contribution in [3.63, 3.8) is 0 Å². The minimum absolute atomic E-state index is 0.0881. The van der Waals surface area contributed by atoms with Crippen LogP contribution in [0.2, 0.25) is 0 Å². The summed E-state index contributed by atoms with van der Waals surface area (Å²) in [4.78, 5) is 8.47.